The van der Waals surface area contributed by atoms with E-state index in [0.717, 1.165) is 32.1 Å². The van der Waals surface area contributed by atoms with Crippen molar-refractivity contribution in [3.05, 3.63) is 53.6 Å². The number of primary sulfonamides is 1. The van der Waals surface area contributed by atoms with Crippen LogP contribution in [0.15, 0.2) is 52.3 Å². The highest BCUT2D eigenvalue weighted by Crippen LogP contribution is 2.61. The van der Waals surface area contributed by atoms with E-state index in [2.05, 4.69) is 13.0 Å². The van der Waals surface area contributed by atoms with Crippen molar-refractivity contribution in [3.63, 3.8) is 0 Å². The molecule has 9 heteroatoms. The molecule has 0 heterocycles. The van der Waals surface area contributed by atoms with Crippen molar-refractivity contribution < 1.29 is 26.1 Å². The maximum atomic E-state index is 13.0. The summed E-state index contributed by atoms with van der Waals surface area (Å²) < 4.78 is 54.8. The van der Waals surface area contributed by atoms with Gasteiger partial charge >= 0.3 is 0 Å². The summed E-state index contributed by atoms with van der Waals surface area (Å²) in [7, 11) is -7.94. The quantitative estimate of drug-likeness (QED) is 0.629. The first kappa shape index (κ1) is 22.8. The van der Waals surface area contributed by atoms with Gasteiger partial charge in [-0.3, -0.25) is 4.18 Å². The smallest absolute Gasteiger partial charge is 0.297 e. The van der Waals surface area contributed by atoms with E-state index in [4.69, 9.17) is 9.32 Å². The van der Waals surface area contributed by atoms with Crippen LogP contribution in [0.2, 0.25) is 0 Å². The van der Waals surface area contributed by atoms with E-state index in [1.54, 1.807) is 6.07 Å². The Kier molecular flexibility index (Phi) is 5.39. The van der Waals surface area contributed by atoms with Gasteiger partial charge in [0.1, 0.15) is 5.75 Å². The number of rotatable bonds is 4. The zero-order chi connectivity index (χ0) is 23.6. The maximum Gasteiger partial charge on any atom is 0.297 e. The summed E-state index contributed by atoms with van der Waals surface area (Å²) >= 11 is 0. The third-order valence-electron chi connectivity index (χ3n) is 8.31. The SMILES string of the molecule is C[C@]12CC[C@@H]3c4ccc(O)cc4CC[C@H]3[C@@H]1CC[C@@H]2OS(=O)(=O)c1ccc(S(N)(=O)=O)cc1. The first-order valence-corrected chi connectivity index (χ1v) is 14.3. The van der Waals surface area contributed by atoms with Crippen molar-refractivity contribution in [1.29, 1.82) is 0 Å². The Morgan fingerprint density at radius 1 is 0.970 bits per heavy atom. The van der Waals surface area contributed by atoms with Gasteiger partial charge in [0.15, 0.2) is 0 Å². The first-order chi connectivity index (χ1) is 15.5. The average Bonchev–Trinajstić information content (AvgIpc) is 3.08. The van der Waals surface area contributed by atoms with Crippen LogP contribution in [0.3, 0.4) is 0 Å². The number of phenols is 1. The Hall–Kier alpha value is -1.94. The first-order valence-electron chi connectivity index (χ1n) is 11.4. The molecule has 2 aromatic carbocycles. The molecule has 3 aliphatic carbocycles. The molecule has 0 bridgehead atoms. The fourth-order valence-electron chi connectivity index (χ4n) is 6.68. The van der Waals surface area contributed by atoms with Gasteiger partial charge in [0.2, 0.25) is 10.0 Å². The van der Waals surface area contributed by atoms with E-state index in [0.29, 0.717) is 29.9 Å². The number of aromatic hydroxyl groups is 1. The fraction of sp³-hybridized carbons (Fsp3) is 0.500. The monoisotopic (exact) mass is 491 g/mol. The largest absolute Gasteiger partial charge is 0.508 e. The summed E-state index contributed by atoms with van der Waals surface area (Å²) in [6, 6.07) is 10.5. The van der Waals surface area contributed by atoms with Gasteiger partial charge in [-0.25, -0.2) is 13.6 Å². The minimum Gasteiger partial charge on any atom is -0.508 e. The van der Waals surface area contributed by atoms with Crippen molar-refractivity contribution in [2.24, 2.45) is 22.4 Å². The molecule has 0 aliphatic heterocycles. The molecule has 5 rings (SSSR count). The summed E-state index contributed by atoms with van der Waals surface area (Å²) in [6.45, 7) is 2.16. The summed E-state index contributed by atoms with van der Waals surface area (Å²) in [4.78, 5) is -0.208. The molecule has 3 N–H and O–H groups in total. The number of fused-ring (bicyclic) bond motifs is 5. The second-order valence-corrected chi connectivity index (χ2v) is 13.1. The summed E-state index contributed by atoms with van der Waals surface area (Å²) in [5, 5.41) is 15.0. The molecule has 0 saturated heterocycles. The van der Waals surface area contributed by atoms with E-state index < -0.39 is 26.2 Å². The van der Waals surface area contributed by atoms with Crippen molar-refractivity contribution >= 4 is 20.1 Å². The van der Waals surface area contributed by atoms with Crippen molar-refractivity contribution in [3.8, 4) is 5.75 Å². The third kappa shape index (κ3) is 3.88. The predicted octanol–water partition coefficient (Wildman–Crippen LogP) is 3.67. The zero-order valence-electron chi connectivity index (χ0n) is 18.5. The highest BCUT2D eigenvalue weighted by molar-refractivity contribution is 7.89. The number of sulfonamides is 1. The van der Waals surface area contributed by atoms with Crippen molar-refractivity contribution in [2.75, 3.05) is 0 Å². The molecule has 7 nitrogen and oxygen atoms in total. The highest BCUT2D eigenvalue weighted by atomic mass is 32.2. The molecule has 0 aromatic heterocycles. The molecule has 3 aliphatic rings. The molecule has 33 heavy (non-hydrogen) atoms. The predicted molar refractivity (Wildman–Crippen MR) is 123 cm³/mol. The van der Waals surface area contributed by atoms with Gasteiger partial charge in [-0.2, -0.15) is 8.42 Å². The Morgan fingerprint density at radius 2 is 1.67 bits per heavy atom. The van der Waals surface area contributed by atoms with E-state index in [1.165, 1.54) is 35.4 Å². The molecular formula is C24H29NO6S2. The number of aryl methyl sites for hydroxylation is 1. The third-order valence-corrected chi connectivity index (χ3v) is 10.6. The molecule has 2 saturated carbocycles. The molecule has 2 fully saturated rings. The van der Waals surface area contributed by atoms with Gasteiger partial charge in [-0.1, -0.05) is 13.0 Å². The molecule has 0 radical (unpaired) electrons. The van der Waals surface area contributed by atoms with Crippen LogP contribution in [-0.2, 0) is 30.7 Å². The van der Waals surface area contributed by atoms with E-state index >= 15 is 0 Å². The van der Waals surface area contributed by atoms with Crippen LogP contribution in [0.4, 0.5) is 0 Å². The number of benzene rings is 2. The van der Waals surface area contributed by atoms with Crippen LogP contribution in [0, 0.1) is 17.3 Å². The van der Waals surface area contributed by atoms with Crippen LogP contribution in [-0.4, -0.2) is 28.0 Å². The number of hydrogen-bond acceptors (Lipinski definition) is 6. The maximum absolute atomic E-state index is 13.0. The fourth-order valence-corrected chi connectivity index (χ4v) is 8.40. The zero-order valence-corrected chi connectivity index (χ0v) is 20.1. The second kappa shape index (κ2) is 7.80. The van der Waals surface area contributed by atoms with E-state index in [1.807, 2.05) is 6.07 Å². The standard InChI is InChI=1S/C24H29NO6S2/c1-24-13-12-20-19-9-3-16(26)14-15(19)2-8-21(20)22(24)10-11-23(24)31-33(29,30)18-6-4-17(5-7-18)32(25,27)28/h3-7,9,14,20-23,26H,2,8,10-13H2,1H3,(H2,25,27,28)/t20-,21-,22+,23+,24+/m1/s1. The normalized spacial score (nSPS) is 31.5. The molecule has 0 unspecified atom stereocenters. The van der Waals surface area contributed by atoms with E-state index in [-0.39, 0.29) is 15.2 Å². The van der Waals surface area contributed by atoms with Gasteiger partial charge in [0, 0.05) is 0 Å². The Morgan fingerprint density at radius 3 is 2.36 bits per heavy atom. The highest BCUT2D eigenvalue weighted by Gasteiger charge is 2.56. The van der Waals surface area contributed by atoms with Crippen LogP contribution in [0.25, 0.3) is 0 Å². The van der Waals surface area contributed by atoms with Crippen LogP contribution >= 0.6 is 0 Å². The molecular weight excluding hydrogens is 462 g/mol. The molecule has 0 spiro atoms. The summed E-state index contributed by atoms with van der Waals surface area (Å²) in [6.07, 6.45) is 5.01. The molecule has 0 amide bonds. The van der Waals surface area contributed by atoms with Gasteiger partial charge in [-0.15, -0.1) is 0 Å². The van der Waals surface area contributed by atoms with Gasteiger partial charge in [0.25, 0.3) is 10.1 Å². The lowest BCUT2D eigenvalue weighted by molar-refractivity contribution is -0.00804. The Labute approximate surface area is 195 Å². The molecule has 178 valence electrons. The van der Waals surface area contributed by atoms with Gasteiger partial charge in [-0.05, 0) is 109 Å². The van der Waals surface area contributed by atoms with E-state index in [9.17, 15) is 21.9 Å². The van der Waals surface area contributed by atoms with Crippen molar-refractivity contribution in [2.45, 2.75) is 67.3 Å². The minimum absolute atomic E-state index is 0.0676. The van der Waals surface area contributed by atoms with Gasteiger partial charge in [0.05, 0.1) is 15.9 Å². The number of nitrogens with two attached hydrogens (primary N) is 1. The van der Waals surface area contributed by atoms with Crippen LogP contribution < -0.4 is 5.14 Å². The Balaban J connectivity index is 1.37. The lowest BCUT2D eigenvalue weighted by atomic mass is 9.55. The average molecular weight is 492 g/mol. The number of phenolic OH excluding ortho intramolecular Hbond substituents is 1. The Bertz CT molecular complexity index is 1290. The lowest BCUT2D eigenvalue weighted by Gasteiger charge is -2.50. The minimum atomic E-state index is -4.04. The second-order valence-electron chi connectivity index (χ2n) is 9.98. The molecule has 2 aromatic rings. The lowest BCUT2D eigenvalue weighted by Crippen LogP contribution is -2.45. The van der Waals surface area contributed by atoms with Crippen molar-refractivity contribution in [1.82, 2.24) is 0 Å². The topological polar surface area (TPSA) is 124 Å². The van der Waals surface area contributed by atoms with Gasteiger partial charge < -0.3 is 5.11 Å². The number of hydrogen-bond donors (Lipinski definition) is 2. The van der Waals surface area contributed by atoms with Crippen LogP contribution in [0.1, 0.15) is 56.1 Å². The summed E-state index contributed by atoms with van der Waals surface area (Å²) in [5.74, 6) is 1.60. The van der Waals surface area contributed by atoms with Crippen LogP contribution in [0.5, 0.6) is 5.75 Å². The summed E-state index contributed by atoms with van der Waals surface area (Å²) in [5.41, 5.74) is 2.33. The molecule has 5 atom stereocenters.